The molecule has 0 spiro atoms. The van der Waals surface area contributed by atoms with Crippen LogP contribution in [-0.4, -0.2) is 11.2 Å². The van der Waals surface area contributed by atoms with Crippen LogP contribution in [0, 0.1) is 0 Å². The number of rotatable bonds is 0. The molecule has 3 aromatic rings. The maximum Gasteiger partial charge on any atom is 0.147 e. The number of hydrogen-bond donors (Lipinski definition) is 1. The number of nitrogens with one attached hydrogen (secondary N) is 1. The fourth-order valence-corrected chi connectivity index (χ4v) is 1.98. The van der Waals surface area contributed by atoms with Crippen molar-refractivity contribution in [1.29, 1.82) is 0 Å². The van der Waals surface area contributed by atoms with Gasteiger partial charge in [0.1, 0.15) is 6.26 Å². The van der Waals surface area contributed by atoms with Crippen LogP contribution >= 0.6 is 0 Å². The fourth-order valence-electron chi connectivity index (χ4n) is 1.98. The van der Waals surface area contributed by atoms with E-state index in [1.54, 1.807) is 6.08 Å². The second kappa shape index (κ2) is 5.27. The third-order valence-corrected chi connectivity index (χ3v) is 2.78. The van der Waals surface area contributed by atoms with Gasteiger partial charge in [-0.05, 0) is 23.4 Å². The fraction of sp³-hybridized carbons (Fsp3) is 0. The van der Waals surface area contributed by atoms with Crippen LogP contribution in [0.4, 0.5) is 0 Å². The van der Waals surface area contributed by atoms with Crippen molar-refractivity contribution >= 4 is 28.0 Å². The molecular formula is C15H12N2O2. The van der Waals surface area contributed by atoms with Gasteiger partial charge in [0.2, 0.25) is 0 Å². The lowest BCUT2D eigenvalue weighted by molar-refractivity contribution is -0.251. The molecule has 0 radical (unpaired) electrons. The van der Waals surface area contributed by atoms with Gasteiger partial charge in [0.15, 0.2) is 0 Å². The molecule has 4 nitrogen and oxygen atoms in total. The number of allylic oxidation sites excluding steroid dienone is 1. The molecule has 0 amide bonds. The summed E-state index contributed by atoms with van der Waals surface area (Å²) in [6, 6.07) is 16.8. The number of benzene rings is 2. The van der Waals surface area contributed by atoms with Crippen molar-refractivity contribution in [3.05, 3.63) is 60.9 Å². The van der Waals surface area contributed by atoms with E-state index in [-0.39, 0.29) is 0 Å². The quantitative estimate of drug-likeness (QED) is 0.619. The van der Waals surface area contributed by atoms with Crippen LogP contribution in [0.25, 0.3) is 21.8 Å². The predicted molar refractivity (Wildman–Crippen MR) is 75.6 cm³/mol. The van der Waals surface area contributed by atoms with E-state index in [9.17, 15) is 0 Å². The molecule has 2 aromatic carbocycles. The molecule has 1 N–H and O–H groups in total. The zero-order valence-electron chi connectivity index (χ0n) is 10.1. The van der Waals surface area contributed by atoms with Crippen molar-refractivity contribution in [3.8, 4) is 0 Å². The molecule has 19 heavy (non-hydrogen) atoms. The maximum absolute atomic E-state index is 4.19. The van der Waals surface area contributed by atoms with E-state index in [1.165, 1.54) is 34.3 Å². The molecule has 0 fully saturated rings. The summed E-state index contributed by atoms with van der Waals surface area (Å²) >= 11 is 0. The van der Waals surface area contributed by atoms with E-state index in [1.807, 2.05) is 0 Å². The number of oxime groups is 1. The number of aromatic nitrogens is 1. The largest absolute Gasteiger partial charge is 0.355 e. The minimum atomic E-state index is 1.21. The first-order chi connectivity index (χ1) is 9.45. The molecule has 1 aliphatic rings. The van der Waals surface area contributed by atoms with E-state index in [0.29, 0.717) is 0 Å². The van der Waals surface area contributed by atoms with Crippen molar-refractivity contribution < 1.29 is 9.88 Å². The third kappa shape index (κ3) is 2.42. The summed E-state index contributed by atoms with van der Waals surface area (Å²) in [6.07, 6.45) is 4.51. The lowest BCUT2D eigenvalue weighted by Crippen LogP contribution is -1.82. The van der Waals surface area contributed by atoms with Gasteiger partial charge in [-0.1, -0.05) is 36.4 Å². The highest BCUT2D eigenvalue weighted by Gasteiger charge is 2.00. The number of para-hydroxylation sites is 2. The maximum atomic E-state index is 4.19. The summed E-state index contributed by atoms with van der Waals surface area (Å²) in [5.74, 6) is 0. The zero-order valence-corrected chi connectivity index (χ0v) is 10.1. The van der Waals surface area contributed by atoms with Gasteiger partial charge in [0.25, 0.3) is 0 Å². The minimum Gasteiger partial charge on any atom is -0.355 e. The van der Waals surface area contributed by atoms with Crippen LogP contribution in [0.1, 0.15) is 0 Å². The van der Waals surface area contributed by atoms with Crippen LogP contribution in [0.15, 0.2) is 66.0 Å². The number of hydrogen-bond acceptors (Lipinski definition) is 3. The molecular weight excluding hydrogens is 240 g/mol. The average Bonchev–Trinajstić information content (AvgIpc) is 2.88. The number of aromatic amines is 1. The highest BCUT2D eigenvalue weighted by molar-refractivity contribution is 6.06. The SMILES string of the molecule is C1=COON=C1.c1ccc2c(c1)[nH]c1ccccc12. The Labute approximate surface area is 109 Å². The summed E-state index contributed by atoms with van der Waals surface area (Å²) in [5, 5.41) is 5.85. The first-order valence-corrected chi connectivity index (χ1v) is 5.91. The van der Waals surface area contributed by atoms with Gasteiger partial charge in [-0.25, -0.2) is 0 Å². The highest BCUT2D eigenvalue weighted by atomic mass is 17.3. The third-order valence-electron chi connectivity index (χ3n) is 2.78. The summed E-state index contributed by atoms with van der Waals surface area (Å²) in [4.78, 5) is 11.6. The first-order valence-electron chi connectivity index (χ1n) is 5.91. The second-order valence-electron chi connectivity index (χ2n) is 3.97. The minimum absolute atomic E-state index is 1.21. The summed E-state index contributed by atoms with van der Waals surface area (Å²) in [6.45, 7) is 0. The van der Waals surface area contributed by atoms with Gasteiger partial charge in [-0.15, -0.1) is 0 Å². The number of fused-ring (bicyclic) bond motifs is 3. The van der Waals surface area contributed by atoms with Gasteiger partial charge in [0, 0.05) is 21.8 Å². The van der Waals surface area contributed by atoms with Crippen LogP contribution in [0.2, 0.25) is 0 Å². The Morgan fingerprint density at radius 1 is 0.842 bits per heavy atom. The number of H-pyrrole nitrogens is 1. The van der Waals surface area contributed by atoms with E-state index >= 15 is 0 Å². The summed E-state index contributed by atoms with van der Waals surface area (Å²) in [7, 11) is 0. The molecule has 0 saturated carbocycles. The highest BCUT2D eigenvalue weighted by Crippen LogP contribution is 2.24. The molecule has 1 aromatic heterocycles. The van der Waals surface area contributed by atoms with Crippen LogP contribution in [0.3, 0.4) is 0 Å². The second-order valence-corrected chi connectivity index (χ2v) is 3.97. The van der Waals surface area contributed by atoms with Crippen molar-refractivity contribution in [1.82, 2.24) is 4.98 Å². The van der Waals surface area contributed by atoms with Gasteiger partial charge >= 0.3 is 0 Å². The molecule has 94 valence electrons. The standard InChI is InChI=1S/C12H9N.C3H3NO2/c1-3-7-11-9(5-1)10-6-2-4-8-12(10)13-11;1-2-4-6-5-3-1/h1-8,13H;1-3H. The van der Waals surface area contributed by atoms with Crippen molar-refractivity contribution in [3.63, 3.8) is 0 Å². The van der Waals surface area contributed by atoms with E-state index in [4.69, 9.17) is 0 Å². The Balaban J connectivity index is 0.000000155. The van der Waals surface area contributed by atoms with Crippen LogP contribution in [-0.2, 0) is 9.88 Å². The topological polar surface area (TPSA) is 46.6 Å². The summed E-state index contributed by atoms with van der Waals surface area (Å²) in [5.41, 5.74) is 2.42. The Morgan fingerprint density at radius 2 is 1.47 bits per heavy atom. The molecule has 0 aliphatic carbocycles. The van der Waals surface area contributed by atoms with Gasteiger partial charge in [-0.2, -0.15) is 4.99 Å². The Kier molecular flexibility index (Phi) is 3.14. The molecule has 4 heteroatoms. The van der Waals surface area contributed by atoms with E-state index in [0.717, 1.165) is 0 Å². The van der Waals surface area contributed by atoms with Crippen molar-refractivity contribution in [2.45, 2.75) is 0 Å². The van der Waals surface area contributed by atoms with Crippen molar-refractivity contribution in [2.75, 3.05) is 0 Å². The lowest BCUT2D eigenvalue weighted by atomic mass is 10.2. The monoisotopic (exact) mass is 252 g/mol. The normalized spacial score (nSPS) is 12.6. The molecule has 4 rings (SSSR count). The molecule has 0 unspecified atom stereocenters. The average molecular weight is 252 g/mol. The van der Waals surface area contributed by atoms with Crippen LogP contribution in [0.5, 0.6) is 0 Å². The molecule has 1 aliphatic heterocycles. The van der Waals surface area contributed by atoms with Crippen molar-refractivity contribution in [2.24, 2.45) is 5.16 Å². The van der Waals surface area contributed by atoms with Crippen LogP contribution < -0.4 is 0 Å². The van der Waals surface area contributed by atoms with Gasteiger partial charge < -0.3 is 4.98 Å². The first kappa shape index (κ1) is 11.3. The summed E-state index contributed by atoms with van der Waals surface area (Å²) < 4.78 is 0. The molecule has 0 bridgehead atoms. The zero-order chi connectivity index (χ0) is 12.9. The van der Waals surface area contributed by atoms with E-state index in [2.05, 4.69) is 68.5 Å². The molecule has 0 atom stereocenters. The molecule has 2 heterocycles. The Morgan fingerprint density at radius 3 is 1.89 bits per heavy atom. The predicted octanol–water partition coefficient (Wildman–Crippen LogP) is 3.77. The molecule has 0 saturated heterocycles. The lowest BCUT2D eigenvalue weighted by Gasteiger charge is -1.92. The van der Waals surface area contributed by atoms with Gasteiger partial charge in [-0.3, -0.25) is 4.89 Å². The Bertz CT molecular complexity index is 682. The van der Waals surface area contributed by atoms with E-state index < -0.39 is 0 Å². The number of nitrogens with zero attached hydrogens (tertiary/aromatic N) is 1. The smallest absolute Gasteiger partial charge is 0.147 e. The van der Waals surface area contributed by atoms with Gasteiger partial charge in [0.05, 0.1) is 6.21 Å². The Hall–Kier alpha value is -2.75.